The van der Waals surface area contributed by atoms with E-state index in [1.165, 1.54) is 0 Å². The lowest BCUT2D eigenvalue weighted by atomic mass is 10.1. The highest BCUT2D eigenvalue weighted by Crippen LogP contribution is 2.22. The first-order valence-corrected chi connectivity index (χ1v) is 5.58. The van der Waals surface area contributed by atoms with Gasteiger partial charge in [-0.3, -0.25) is 0 Å². The van der Waals surface area contributed by atoms with Crippen LogP contribution in [0.4, 0.5) is 0 Å². The number of hydrogen-bond acceptors (Lipinski definition) is 2. The van der Waals surface area contributed by atoms with Crippen LogP contribution in [0.5, 0.6) is 0 Å². The second-order valence-corrected chi connectivity index (χ2v) is 4.56. The highest BCUT2D eigenvalue weighted by Gasteiger charge is 2.09. The van der Waals surface area contributed by atoms with Crippen molar-refractivity contribution >= 4 is 23.2 Å². The van der Waals surface area contributed by atoms with E-state index in [9.17, 15) is 0 Å². The van der Waals surface area contributed by atoms with Gasteiger partial charge in [-0.25, -0.2) is 0 Å². The van der Waals surface area contributed by atoms with Gasteiger partial charge in [0.15, 0.2) is 0 Å². The summed E-state index contributed by atoms with van der Waals surface area (Å²) in [5, 5.41) is 1.19. The van der Waals surface area contributed by atoms with Crippen LogP contribution in [0, 0.1) is 0 Å². The largest absolute Gasteiger partial charge is 0.377 e. The van der Waals surface area contributed by atoms with Gasteiger partial charge in [0.05, 0.1) is 18.8 Å². The summed E-state index contributed by atoms with van der Waals surface area (Å²) in [6, 6.07) is 5.11. The Morgan fingerprint density at radius 3 is 2.20 bits per heavy atom. The minimum atomic E-state index is -0.191. The summed E-state index contributed by atoms with van der Waals surface area (Å²) in [7, 11) is 0. The summed E-state index contributed by atoms with van der Waals surface area (Å²) >= 11 is 11.8. The maximum Gasteiger partial charge on any atom is 0.0662 e. The van der Waals surface area contributed by atoms with Crippen molar-refractivity contribution in [3.8, 4) is 0 Å². The molecule has 1 aromatic carbocycles. The van der Waals surface area contributed by atoms with Crippen LogP contribution in [-0.2, 0) is 4.74 Å². The summed E-state index contributed by atoms with van der Waals surface area (Å²) < 4.78 is 5.43. The van der Waals surface area contributed by atoms with Gasteiger partial charge in [0.2, 0.25) is 0 Å². The number of halogens is 2. The van der Waals surface area contributed by atoms with Gasteiger partial charge in [-0.1, -0.05) is 23.2 Å². The van der Waals surface area contributed by atoms with E-state index in [4.69, 9.17) is 33.7 Å². The molecule has 0 aliphatic heterocycles. The predicted molar refractivity (Wildman–Crippen MR) is 64.5 cm³/mol. The Balaban J connectivity index is 2.68. The Labute approximate surface area is 100 Å². The first-order chi connectivity index (χ1) is 6.99. The van der Waals surface area contributed by atoms with Crippen molar-refractivity contribution in [2.45, 2.75) is 26.0 Å². The Kier molecular flexibility index (Phi) is 4.87. The molecule has 84 valence electrons. The molecule has 2 N–H and O–H groups in total. The van der Waals surface area contributed by atoms with Gasteiger partial charge in [0, 0.05) is 10.0 Å². The van der Waals surface area contributed by atoms with Crippen molar-refractivity contribution in [3.05, 3.63) is 33.8 Å². The molecule has 1 aromatic rings. The fraction of sp³-hybridized carbons (Fsp3) is 0.455. The fourth-order valence-corrected chi connectivity index (χ4v) is 1.72. The van der Waals surface area contributed by atoms with Crippen molar-refractivity contribution in [1.29, 1.82) is 0 Å². The normalized spacial score (nSPS) is 13.2. The van der Waals surface area contributed by atoms with Crippen LogP contribution in [0.2, 0.25) is 10.0 Å². The molecular formula is C11H15Cl2NO. The van der Waals surface area contributed by atoms with E-state index in [0.717, 1.165) is 5.56 Å². The summed E-state index contributed by atoms with van der Waals surface area (Å²) in [4.78, 5) is 0. The van der Waals surface area contributed by atoms with E-state index >= 15 is 0 Å². The zero-order chi connectivity index (χ0) is 11.4. The van der Waals surface area contributed by atoms with Gasteiger partial charge in [-0.15, -0.1) is 0 Å². The Bertz CT molecular complexity index is 308. The van der Waals surface area contributed by atoms with E-state index in [-0.39, 0.29) is 12.1 Å². The molecule has 0 heterocycles. The van der Waals surface area contributed by atoms with Gasteiger partial charge < -0.3 is 10.5 Å². The molecule has 0 aromatic heterocycles. The van der Waals surface area contributed by atoms with Crippen LogP contribution < -0.4 is 5.73 Å². The lowest BCUT2D eigenvalue weighted by Gasteiger charge is -2.15. The highest BCUT2D eigenvalue weighted by atomic mass is 35.5. The lowest BCUT2D eigenvalue weighted by molar-refractivity contribution is 0.0683. The van der Waals surface area contributed by atoms with E-state index in [1.54, 1.807) is 6.07 Å². The maximum absolute atomic E-state index is 5.94. The van der Waals surface area contributed by atoms with Gasteiger partial charge in [-0.2, -0.15) is 0 Å². The topological polar surface area (TPSA) is 35.2 Å². The summed E-state index contributed by atoms with van der Waals surface area (Å²) in [5.74, 6) is 0. The molecule has 0 saturated carbocycles. The molecule has 0 radical (unpaired) electrons. The smallest absolute Gasteiger partial charge is 0.0662 e. The molecule has 0 spiro atoms. The third kappa shape index (κ3) is 4.39. The number of nitrogens with two attached hydrogens (primary N) is 1. The average molecular weight is 248 g/mol. The molecule has 2 nitrogen and oxygen atoms in total. The molecule has 15 heavy (non-hydrogen) atoms. The summed E-state index contributed by atoms with van der Waals surface area (Å²) in [6.07, 6.45) is 0.172. The third-order valence-corrected chi connectivity index (χ3v) is 2.36. The maximum atomic E-state index is 5.94. The van der Waals surface area contributed by atoms with Crippen LogP contribution >= 0.6 is 23.2 Å². The molecule has 0 bridgehead atoms. The molecule has 0 aliphatic carbocycles. The van der Waals surface area contributed by atoms with Crippen molar-refractivity contribution in [2.75, 3.05) is 6.61 Å². The number of rotatable bonds is 4. The molecule has 1 atom stereocenters. The minimum absolute atomic E-state index is 0.172. The molecular weight excluding hydrogens is 233 g/mol. The zero-order valence-electron chi connectivity index (χ0n) is 8.84. The van der Waals surface area contributed by atoms with Crippen LogP contribution in [0.1, 0.15) is 25.5 Å². The van der Waals surface area contributed by atoms with Gasteiger partial charge >= 0.3 is 0 Å². The second-order valence-electron chi connectivity index (χ2n) is 3.69. The van der Waals surface area contributed by atoms with E-state index in [0.29, 0.717) is 16.7 Å². The summed E-state index contributed by atoms with van der Waals surface area (Å²) in [5.41, 5.74) is 6.84. The van der Waals surface area contributed by atoms with Gasteiger partial charge in [-0.05, 0) is 37.6 Å². The van der Waals surface area contributed by atoms with Gasteiger partial charge in [0.25, 0.3) is 0 Å². The molecule has 0 aliphatic rings. The quantitative estimate of drug-likeness (QED) is 0.886. The van der Waals surface area contributed by atoms with Crippen molar-refractivity contribution in [2.24, 2.45) is 5.73 Å². The lowest BCUT2D eigenvalue weighted by Crippen LogP contribution is -2.19. The van der Waals surface area contributed by atoms with Crippen LogP contribution in [0.3, 0.4) is 0 Å². The number of ether oxygens (including phenoxy) is 1. The Hall–Kier alpha value is -0.280. The Morgan fingerprint density at radius 1 is 1.20 bits per heavy atom. The molecule has 4 heteroatoms. The van der Waals surface area contributed by atoms with Crippen LogP contribution in [0.25, 0.3) is 0 Å². The highest BCUT2D eigenvalue weighted by molar-refractivity contribution is 6.34. The van der Waals surface area contributed by atoms with Crippen molar-refractivity contribution < 1.29 is 4.74 Å². The SMILES string of the molecule is CC(C)OCC(N)c1cc(Cl)cc(Cl)c1. The first kappa shape index (κ1) is 12.8. The standard InChI is InChI=1S/C11H15Cl2NO/c1-7(2)15-6-11(14)8-3-9(12)5-10(13)4-8/h3-5,7,11H,6,14H2,1-2H3. The number of benzene rings is 1. The molecule has 1 unspecified atom stereocenters. The fourth-order valence-electron chi connectivity index (χ4n) is 1.18. The molecule has 1 rings (SSSR count). The first-order valence-electron chi connectivity index (χ1n) is 4.82. The average Bonchev–Trinajstić information content (AvgIpc) is 2.12. The predicted octanol–water partition coefficient (Wildman–Crippen LogP) is 3.42. The molecule has 0 fully saturated rings. The van der Waals surface area contributed by atoms with Crippen LogP contribution in [0.15, 0.2) is 18.2 Å². The number of hydrogen-bond donors (Lipinski definition) is 1. The van der Waals surface area contributed by atoms with Crippen molar-refractivity contribution in [1.82, 2.24) is 0 Å². The zero-order valence-corrected chi connectivity index (χ0v) is 10.3. The summed E-state index contributed by atoms with van der Waals surface area (Å²) in [6.45, 7) is 4.41. The van der Waals surface area contributed by atoms with Gasteiger partial charge in [0.1, 0.15) is 0 Å². The van der Waals surface area contributed by atoms with E-state index in [2.05, 4.69) is 0 Å². The molecule has 0 amide bonds. The second kappa shape index (κ2) is 5.71. The van der Waals surface area contributed by atoms with E-state index < -0.39 is 0 Å². The Morgan fingerprint density at radius 2 is 1.73 bits per heavy atom. The monoisotopic (exact) mass is 247 g/mol. The third-order valence-electron chi connectivity index (χ3n) is 1.92. The minimum Gasteiger partial charge on any atom is -0.377 e. The van der Waals surface area contributed by atoms with Crippen molar-refractivity contribution in [3.63, 3.8) is 0 Å². The van der Waals surface area contributed by atoms with Crippen LogP contribution in [-0.4, -0.2) is 12.7 Å². The van der Waals surface area contributed by atoms with E-state index in [1.807, 2.05) is 26.0 Å². The molecule has 0 saturated heterocycles.